The summed E-state index contributed by atoms with van der Waals surface area (Å²) in [6, 6.07) is 9.16. The number of furan rings is 1. The first-order valence-corrected chi connectivity index (χ1v) is 8.90. The van der Waals surface area contributed by atoms with Crippen molar-refractivity contribution in [1.29, 1.82) is 0 Å². The quantitative estimate of drug-likeness (QED) is 0.241. The van der Waals surface area contributed by atoms with Crippen molar-refractivity contribution in [2.24, 2.45) is 4.99 Å². The molecule has 1 aromatic carbocycles. The molecule has 0 aliphatic rings. The van der Waals surface area contributed by atoms with E-state index >= 15 is 0 Å². The average molecular weight is 517 g/mol. The molecule has 0 aliphatic heterocycles. The maximum Gasteiger partial charge on any atom is 0.341 e. The number of carbonyl (C=O) groups excluding carboxylic acids is 1. The Hall–Kier alpha value is -2.43. The lowest BCUT2D eigenvalue weighted by atomic mass is 10.2. The van der Waals surface area contributed by atoms with Gasteiger partial charge in [-0.05, 0) is 32.0 Å². The van der Waals surface area contributed by atoms with Crippen LogP contribution in [0.25, 0.3) is 0 Å². The monoisotopic (exact) mass is 517 g/mol. The lowest BCUT2D eigenvalue weighted by Crippen LogP contribution is -2.41. The number of methoxy groups -OCH3 is 2. The van der Waals surface area contributed by atoms with Crippen LogP contribution in [-0.4, -0.2) is 45.8 Å². The number of hydrogen-bond donors (Lipinski definition) is 2. The predicted octanol–water partition coefficient (Wildman–Crippen LogP) is 3.13. The fraction of sp³-hybridized carbons (Fsp3) is 0.400. The molecule has 1 heterocycles. The third kappa shape index (κ3) is 7.15. The Morgan fingerprint density at radius 1 is 1.21 bits per heavy atom. The summed E-state index contributed by atoms with van der Waals surface area (Å²) in [6.07, 6.45) is -0.119. The van der Waals surface area contributed by atoms with Gasteiger partial charge in [0.2, 0.25) is 0 Å². The van der Waals surface area contributed by atoms with E-state index in [2.05, 4.69) is 15.6 Å². The molecule has 8 nitrogen and oxygen atoms in total. The number of para-hydroxylation sites is 2. The van der Waals surface area contributed by atoms with Gasteiger partial charge >= 0.3 is 5.97 Å². The lowest BCUT2D eigenvalue weighted by molar-refractivity contribution is 0.0599. The van der Waals surface area contributed by atoms with Crippen LogP contribution in [0.2, 0.25) is 0 Å². The molecular weight excluding hydrogens is 489 g/mol. The van der Waals surface area contributed by atoms with Crippen LogP contribution in [0.15, 0.2) is 39.7 Å². The number of carbonyl (C=O) groups is 1. The third-order valence-corrected chi connectivity index (χ3v) is 3.98. The molecule has 2 N–H and O–H groups in total. The molecule has 0 fully saturated rings. The Kier molecular flexibility index (Phi) is 10.4. The first-order chi connectivity index (χ1) is 13.5. The average Bonchev–Trinajstić information content (AvgIpc) is 3.08. The normalized spacial score (nSPS) is 11.8. The van der Waals surface area contributed by atoms with E-state index in [0.29, 0.717) is 47.6 Å². The predicted molar refractivity (Wildman–Crippen MR) is 121 cm³/mol. The molecule has 0 bridgehead atoms. The largest absolute Gasteiger partial charge is 0.493 e. The molecule has 2 aromatic rings. The van der Waals surface area contributed by atoms with Crippen molar-refractivity contribution in [3.05, 3.63) is 47.4 Å². The number of hydrogen-bond acceptors (Lipinski definition) is 6. The molecule has 0 spiro atoms. The molecule has 0 aliphatic carbocycles. The summed E-state index contributed by atoms with van der Waals surface area (Å²) in [5, 5.41) is 6.33. The SMILES string of the molecule is CN=C(NCc1cc(C(=O)OC)c(C)o1)NCC(C)Oc1ccccc1OC.I. The van der Waals surface area contributed by atoms with Crippen LogP contribution in [0.1, 0.15) is 28.8 Å². The van der Waals surface area contributed by atoms with E-state index in [1.807, 2.05) is 31.2 Å². The smallest absolute Gasteiger partial charge is 0.341 e. The molecule has 1 aromatic heterocycles. The van der Waals surface area contributed by atoms with E-state index in [0.717, 1.165) is 0 Å². The molecule has 9 heteroatoms. The van der Waals surface area contributed by atoms with Gasteiger partial charge in [-0.1, -0.05) is 12.1 Å². The molecule has 0 radical (unpaired) electrons. The second kappa shape index (κ2) is 12.2. The number of rotatable bonds is 8. The van der Waals surface area contributed by atoms with Crippen molar-refractivity contribution in [1.82, 2.24) is 10.6 Å². The Balaban J connectivity index is 0.00000420. The molecule has 29 heavy (non-hydrogen) atoms. The van der Waals surface area contributed by atoms with Gasteiger partial charge in [0.15, 0.2) is 17.5 Å². The van der Waals surface area contributed by atoms with Crippen molar-refractivity contribution >= 4 is 35.9 Å². The van der Waals surface area contributed by atoms with E-state index in [4.69, 9.17) is 18.6 Å². The molecule has 2 rings (SSSR count). The van der Waals surface area contributed by atoms with Gasteiger partial charge in [-0.2, -0.15) is 0 Å². The van der Waals surface area contributed by atoms with E-state index in [-0.39, 0.29) is 30.1 Å². The van der Waals surface area contributed by atoms with Gasteiger partial charge in [-0.25, -0.2) is 4.79 Å². The molecule has 0 amide bonds. The van der Waals surface area contributed by atoms with Gasteiger partial charge in [0, 0.05) is 7.05 Å². The summed E-state index contributed by atoms with van der Waals surface area (Å²) in [6.45, 7) is 4.58. The van der Waals surface area contributed by atoms with Gasteiger partial charge < -0.3 is 29.3 Å². The van der Waals surface area contributed by atoms with E-state index in [9.17, 15) is 4.79 Å². The van der Waals surface area contributed by atoms with Crippen molar-refractivity contribution in [2.45, 2.75) is 26.5 Å². The van der Waals surface area contributed by atoms with Crippen LogP contribution in [0.4, 0.5) is 0 Å². The number of halogens is 1. The molecular formula is C20H28IN3O5. The van der Waals surface area contributed by atoms with Crippen LogP contribution in [0.3, 0.4) is 0 Å². The van der Waals surface area contributed by atoms with E-state index in [1.54, 1.807) is 27.1 Å². The fourth-order valence-corrected chi connectivity index (χ4v) is 2.55. The highest BCUT2D eigenvalue weighted by molar-refractivity contribution is 14.0. The van der Waals surface area contributed by atoms with Crippen LogP contribution in [-0.2, 0) is 11.3 Å². The number of nitrogens with one attached hydrogen (secondary N) is 2. The van der Waals surface area contributed by atoms with Gasteiger partial charge in [0.25, 0.3) is 0 Å². The van der Waals surface area contributed by atoms with Crippen molar-refractivity contribution < 1.29 is 23.4 Å². The second-order valence-corrected chi connectivity index (χ2v) is 6.06. The van der Waals surface area contributed by atoms with E-state index < -0.39 is 5.97 Å². The number of aryl methyl sites for hydroxylation is 1. The third-order valence-electron chi connectivity index (χ3n) is 3.98. The zero-order valence-corrected chi connectivity index (χ0v) is 19.6. The number of nitrogens with zero attached hydrogens (tertiary/aromatic N) is 1. The van der Waals surface area contributed by atoms with Crippen molar-refractivity contribution in [3.8, 4) is 11.5 Å². The first-order valence-electron chi connectivity index (χ1n) is 8.90. The summed E-state index contributed by atoms with van der Waals surface area (Å²) in [7, 11) is 4.62. The Morgan fingerprint density at radius 2 is 1.90 bits per heavy atom. The maximum atomic E-state index is 11.7. The summed E-state index contributed by atoms with van der Waals surface area (Å²) in [5.74, 6) is 2.67. The lowest BCUT2D eigenvalue weighted by Gasteiger charge is -2.18. The molecule has 0 saturated carbocycles. The topological polar surface area (TPSA) is 94.3 Å². The summed E-state index contributed by atoms with van der Waals surface area (Å²) < 4.78 is 21.5. The second-order valence-electron chi connectivity index (χ2n) is 6.06. The van der Waals surface area contributed by atoms with Gasteiger partial charge in [-0.15, -0.1) is 24.0 Å². The highest BCUT2D eigenvalue weighted by Crippen LogP contribution is 2.26. The number of ether oxygens (including phenoxy) is 3. The summed E-state index contributed by atoms with van der Waals surface area (Å²) in [5.41, 5.74) is 0.418. The Morgan fingerprint density at radius 3 is 2.52 bits per heavy atom. The van der Waals surface area contributed by atoms with Crippen LogP contribution in [0, 0.1) is 6.92 Å². The summed E-state index contributed by atoms with van der Waals surface area (Å²) >= 11 is 0. The van der Waals surface area contributed by atoms with Crippen molar-refractivity contribution in [2.75, 3.05) is 27.8 Å². The van der Waals surface area contributed by atoms with Crippen molar-refractivity contribution in [3.63, 3.8) is 0 Å². The number of benzene rings is 1. The maximum absolute atomic E-state index is 11.7. The first kappa shape index (κ1) is 24.6. The van der Waals surface area contributed by atoms with E-state index in [1.165, 1.54) is 7.11 Å². The fourth-order valence-electron chi connectivity index (χ4n) is 2.55. The Labute approximate surface area is 188 Å². The zero-order valence-electron chi connectivity index (χ0n) is 17.3. The standard InChI is InChI=1S/C20H27N3O5.HI/c1-13(27-18-9-7-6-8-17(18)25-4)11-22-20(21-3)23-12-15-10-16(14(2)28-15)19(24)26-5;/h6-10,13H,11-12H2,1-5H3,(H2,21,22,23);1H. The highest BCUT2D eigenvalue weighted by Gasteiger charge is 2.15. The molecule has 0 saturated heterocycles. The number of guanidine groups is 1. The minimum Gasteiger partial charge on any atom is -0.493 e. The van der Waals surface area contributed by atoms with Gasteiger partial charge in [0.05, 0.1) is 27.3 Å². The Bertz CT molecular complexity index is 822. The van der Waals surface area contributed by atoms with Gasteiger partial charge in [0.1, 0.15) is 23.2 Å². The van der Waals surface area contributed by atoms with Crippen LogP contribution >= 0.6 is 24.0 Å². The molecule has 160 valence electrons. The number of aliphatic imine (C=N–C) groups is 1. The summed E-state index contributed by atoms with van der Waals surface area (Å²) in [4.78, 5) is 15.8. The minimum absolute atomic E-state index is 0. The van der Waals surface area contributed by atoms with Crippen LogP contribution < -0.4 is 20.1 Å². The van der Waals surface area contributed by atoms with Gasteiger partial charge in [-0.3, -0.25) is 4.99 Å². The number of esters is 1. The minimum atomic E-state index is -0.419. The highest BCUT2D eigenvalue weighted by atomic mass is 127. The zero-order chi connectivity index (χ0) is 20.5. The van der Waals surface area contributed by atoms with Crippen LogP contribution in [0.5, 0.6) is 11.5 Å². The molecule has 1 atom stereocenters. The molecule has 1 unspecified atom stereocenters.